The Morgan fingerprint density at radius 3 is 2.59 bits per heavy atom. The molecule has 0 aliphatic carbocycles. The summed E-state index contributed by atoms with van der Waals surface area (Å²) >= 11 is 0. The van der Waals surface area contributed by atoms with Gasteiger partial charge in [-0.2, -0.15) is 0 Å². The van der Waals surface area contributed by atoms with Gasteiger partial charge in [0.1, 0.15) is 5.75 Å². The van der Waals surface area contributed by atoms with Crippen LogP contribution in [0.3, 0.4) is 0 Å². The normalized spacial score (nSPS) is 10.4. The van der Waals surface area contributed by atoms with E-state index in [0.717, 1.165) is 17.0 Å². The Morgan fingerprint density at radius 1 is 1.23 bits per heavy atom. The van der Waals surface area contributed by atoms with Crippen molar-refractivity contribution >= 4 is 11.6 Å². The molecule has 0 aliphatic heterocycles. The fraction of sp³-hybridized carbons (Fsp3) is 0.294. The summed E-state index contributed by atoms with van der Waals surface area (Å²) in [4.78, 5) is 16.3. The van der Waals surface area contributed by atoms with Gasteiger partial charge in [-0.3, -0.25) is 9.78 Å². The Morgan fingerprint density at radius 2 is 1.95 bits per heavy atom. The first-order valence-electron chi connectivity index (χ1n) is 7.21. The topological polar surface area (TPSA) is 63.2 Å². The van der Waals surface area contributed by atoms with E-state index in [-0.39, 0.29) is 5.91 Å². The van der Waals surface area contributed by atoms with E-state index in [2.05, 4.69) is 15.6 Å². The van der Waals surface area contributed by atoms with Gasteiger partial charge in [-0.15, -0.1) is 0 Å². The van der Waals surface area contributed by atoms with Crippen LogP contribution in [0.5, 0.6) is 5.75 Å². The first-order valence-corrected chi connectivity index (χ1v) is 7.21. The van der Waals surface area contributed by atoms with Crippen molar-refractivity contribution in [1.82, 2.24) is 10.3 Å². The predicted molar refractivity (Wildman–Crippen MR) is 87.2 cm³/mol. The smallest absolute Gasteiger partial charge is 0.253 e. The molecule has 1 aromatic heterocycles. The van der Waals surface area contributed by atoms with Gasteiger partial charge in [0.25, 0.3) is 5.91 Å². The number of nitrogens with zero attached hydrogens (tertiary/aromatic N) is 1. The van der Waals surface area contributed by atoms with Gasteiger partial charge in [0.2, 0.25) is 0 Å². The first-order chi connectivity index (χ1) is 10.6. The molecule has 1 amide bonds. The van der Waals surface area contributed by atoms with Crippen molar-refractivity contribution in [3.8, 4) is 5.75 Å². The van der Waals surface area contributed by atoms with Gasteiger partial charge in [0.15, 0.2) is 0 Å². The van der Waals surface area contributed by atoms with Gasteiger partial charge in [-0.1, -0.05) is 12.1 Å². The summed E-state index contributed by atoms with van der Waals surface area (Å²) in [6, 6.07) is 9.68. The maximum absolute atomic E-state index is 12.2. The van der Waals surface area contributed by atoms with E-state index in [1.165, 1.54) is 0 Å². The Kier molecular flexibility index (Phi) is 5.36. The number of rotatable bonds is 6. The molecule has 22 heavy (non-hydrogen) atoms. The standard InChI is InChI=1S/C17H21N3O2/c1-12(2)20-15-8-14(10-18-11-15)17(21)19-9-13-4-6-16(22-3)7-5-13/h4-8,10-12,20H,9H2,1-3H3,(H,19,21). The van der Waals surface area contributed by atoms with Crippen LogP contribution < -0.4 is 15.4 Å². The number of hydrogen-bond donors (Lipinski definition) is 2. The van der Waals surface area contributed by atoms with Crippen LogP contribution in [0, 0.1) is 0 Å². The fourth-order valence-corrected chi connectivity index (χ4v) is 2.00. The van der Waals surface area contributed by atoms with Gasteiger partial charge in [0.05, 0.1) is 18.4 Å². The van der Waals surface area contributed by atoms with Crippen LogP contribution in [0.15, 0.2) is 42.7 Å². The third-order valence-corrected chi connectivity index (χ3v) is 3.07. The van der Waals surface area contributed by atoms with Crippen LogP contribution in [-0.4, -0.2) is 24.0 Å². The maximum atomic E-state index is 12.2. The number of pyridine rings is 1. The lowest BCUT2D eigenvalue weighted by molar-refractivity contribution is 0.0950. The molecule has 0 aliphatic rings. The number of ether oxygens (including phenoxy) is 1. The number of methoxy groups -OCH3 is 1. The van der Waals surface area contributed by atoms with Crippen LogP contribution >= 0.6 is 0 Å². The van der Waals surface area contributed by atoms with Gasteiger partial charge >= 0.3 is 0 Å². The van der Waals surface area contributed by atoms with Crippen LogP contribution in [0.25, 0.3) is 0 Å². The number of aromatic nitrogens is 1. The quantitative estimate of drug-likeness (QED) is 0.861. The zero-order chi connectivity index (χ0) is 15.9. The molecular weight excluding hydrogens is 278 g/mol. The van der Waals surface area contributed by atoms with E-state index >= 15 is 0 Å². The zero-order valence-electron chi connectivity index (χ0n) is 13.1. The number of anilines is 1. The van der Waals surface area contributed by atoms with E-state index < -0.39 is 0 Å². The molecule has 0 atom stereocenters. The summed E-state index contributed by atoms with van der Waals surface area (Å²) in [7, 11) is 1.63. The van der Waals surface area contributed by atoms with Gasteiger partial charge < -0.3 is 15.4 Å². The van der Waals surface area contributed by atoms with Crippen LogP contribution in [-0.2, 0) is 6.54 Å². The molecule has 5 nitrogen and oxygen atoms in total. The third-order valence-electron chi connectivity index (χ3n) is 3.07. The molecule has 0 radical (unpaired) electrons. The van der Waals surface area contributed by atoms with E-state index in [1.807, 2.05) is 38.1 Å². The molecule has 0 fully saturated rings. The van der Waals surface area contributed by atoms with Gasteiger partial charge in [-0.25, -0.2) is 0 Å². The summed E-state index contributed by atoms with van der Waals surface area (Å²) in [5.41, 5.74) is 2.39. The lowest BCUT2D eigenvalue weighted by Gasteiger charge is -2.11. The second-order valence-electron chi connectivity index (χ2n) is 5.29. The second kappa shape index (κ2) is 7.45. The predicted octanol–water partition coefficient (Wildman–Crippen LogP) is 2.84. The summed E-state index contributed by atoms with van der Waals surface area (Å²) in [5.74, 6) is 0.655. The van der Waals surface area contributed by atoms with Gasteiger partial charge in [0, 0.05) is 25.0 Å². The lowest BCUT2D eigenvalue weighted by Crippen LogP contribution is -2.23. The molecule has 2 aromatic rings. The van der Waals surface area contributed by atoms with E-state index in [0.29, 0.717) is 18.2 Å². The van der Waals surface area contributed by atoms with Crippen LogP contribution in [0.2, 0.25) is 0 Å². The fourth-order valence-electron chi connectivity index (χ4n) is 2.00. The number of amides is 1. The van der Waals surface area contributed by atoms with Crippen molar-refractivity contribution in [2.24, 2.45) is 0 Å². The molecule has 1 aromatic carbocycles. The largest absolute Gasteiger partial charge is 0.497 e. The summed E-state index contributed by atoms with van der Waals surface area (Å²) in [6.07, 6.45) is 3.27. The van der Waals surface area contributed by atoms with Gasteiger partial charge in [-0.05, 0) is 37.6 Å². The van der Waals surface area contributed by atoms with Crippen molar-refractivity contribution in [3.05, 3.63) is 53.9 Å². The van der Waals surface area contributed by atoms with E-state index in [1.54, 1.807) is 25.6 Å². The zero-order valence-corrected chi connectivity index (χ0v) is 13.1. The molecule has 1 heterocycles. The highest BCUT2D eigenvalue weighted by atomic mass is 16.5. The number of nitrogens with one attached hydrogen (secondary N) is 2. The maximum Gasteiger partial charge on any atom is 0.253 e. The average Bonchev–Trinajstić information content (AvgIpc) is 2.52. The highest BCUT2D eigenvalue weighted by Gasteiger charge is 2.07. The molecule has 2 N–H and O–H groups in total. The number of carbonyl (C=O) groups is 1. The molecule has 2 rings (SSSR count). The van der Waals surface area contributed by atoms with Crippen LogP contribution in [0.1, 0.15) is 29.8 Å². The third kappa shape index (κ3) is 4.48. The Bertz CT molecular complexity index is 624. The molecule has 0 spiro atoms. The minimum atomic E-state index is -0.143. The Hall–Kier alpha value is -2.56. The van der Waals surface area contributed by atoms with Crippen molar-refractivity contribution in [3.63, 3.8) is 0 Å². The minimum Gasteiger partial charge on any atom is -0.497 e. The molecule has 0 saturated carbocycles. The number of hydrogen-bond acceptors (Lipinski definition) is 4. The first kappa shape index (κ1) is 15.8. The van der Waals surface area contributed by atoms with Crippen molar-refractivity contribution < 1.29 is 9.53 Å². The molecule has 0 saturated heterocycles. The molecule has 116 valence electrons. The highest BCUT2D eigenvalue weighted by molar-refractivity contribution is 5.94. The lowest BCUT2D eigenvalue weighted by atomic mass is 10.2. The Labute approximate surface area is 130 Å². The average molecular weight is 299 g/mol. The summed E-state index contributed by atoms with van der Waals surface area (Å²) in [5, 5.41) is 6.12. The summed E-state index contributed by atoms with van der Waals surface area (Å²) in [6.45, 7) is 4.54. The van der Waals surface area contributed by atoms with Crippen LogP contribution in [0.4, 0.5) is 5.69 Å². The Balaban J connectivity index is 1.96. The van der Waals surface area contributed by atoms with Crippen molar-refractivity contribution in [1.29, 1.82) is 0 Å². The number of benzene rings is 1. The van der Waals surface area contributed by atoms with E-state index in [4.69, 9.17) is 4.74 Å². The monoisotopic (exact) mass is 299 g/mol. The molecular formula is C17H21N3O2. The van der Waals surface area contributed by atoms with E-state index in [9.17, 15) is 4.79 Å². The van der Waals surface area contributed by atoms with Crippen molar-refractivity contribution in [2.45, 2.75) is 26.4 Å². The SMILES string of the molecule is COc1ccc(CNC(=O)c2cncc(NC(C)C)c2)cc1. The summed E-state index contributed by atoms with van der Waals surface area (Å²) < 4.78 is 5.11. The second-order valence-corrected chi connectivity index (χ2v) is 5.29. The highest BCUT2D eigenvalue weighted by Crippen LogP contribution is 2.12. The van der Waals surface area contributed by atoms with Crippen molar-refractivity contribution in [2.75, 3.05) is 12.4 Å². The molecule has 5 heteroatoms. The minimum absolute atomic E-state index is 0.143. The number of carbonyl (C=O) groups excluding carboxylic acids is 1. The molecule has 0 bridgehead atoms. The molecule has 0 unspecified atom stereocenters.